The van der Waals surface area contributed by atoms with E-state index < -0.39 is 12.2 Å². The second-order valence-electron chi connectivity index (χ2n) is 5.31. The van der Waals surface area contributed by atoms with Crippen LogP contribution < -0.4 is 0 Å². The highest BCUT2D eigenvalue weighted by atomic mass is 16.3. The highest BCUT2D eigenvalue weighted by molar-refractivity contribution is 6.08. The lowest BCUT2D eigenvalue weighted by molar-refractivity contribution is 0.0182. The van der Waals surface area contributed by atoms with Gasteiger partial charge < -0.3 is 10.2 Å². The van der Waals surface area contributed by atoms with E-state index >= 15 is 0 Å². The molecule has 3 aromatic rings. The van der Waals surface area contributed by atoms with Crippen molar-refractivity contribution < 1.29 is 10.2 Å². The number of aliphatic hydroxyl groups excluding tert-OH is 2. The molecule has 0 spiro atoms. The Morgan fingerprint density at radius 2 is 1.26 bits per heavy atom. The predicted molar refractivity (Wildman–Crippen MR) is 76.1 cm³/mol. The van der Waals surface area contributed by atoms with E-state index in [4.69, 9.17) is 0 Å². The van der Waals surface area contributed by atoms with Crippen LogP contribution in [0.5, 0.6) is 0 Å². The molecule has 0 aliphatic heterocycles. The van der Waals surface area contributed by atoms with Gasteiger partial charge >= 0.3 is 0 Å². The van der Waals surface area contributed by atoms with E-state index in [1.165, 1.54) is 5.56 Å². The molecule has 2 unspecified atom stereocenters. The van der Waals surface area contributed by atoms with Gasteiger partial charge in [-0.2, -0.15) is 0 Å². The van der Waals surface area contributed by atoms with Gasteiger partial charge in [-0.25, -0.2) is 0 Å². The van der Waals surface area contributed by atoms with Gasteiger partial charge in [-0.3, -0.25) is 0 Å². The fraction of sp³-hybridized carbons (Fsp3) is 0.176. The molecule has 5 rings (SSSR count). The predicted octanol–water partition coefficient (Wildman–Crippen LogP) is 3.38. The van der Waals surface area contributed by atoms with E-state index in [9.17, 15) is 10.2 Å². The third-order valence-corrected chi connectivity index (χ3v) is 4.15. The van der Waals surface area contributed by atoms with Gasteiger partial charge in [-0.15, -0.1) is 0 Å². The number of aryl methyl sites for hydroxylation is 1. The molecule has 2 aliphatic carbocycles. The van der Waals surface area contributed by atoms with Gasteiger partial charge in [0.1, 0.15) is 12.2 Å². The standard InChI is InChI=1S/C17H14O2/c1-9-6-7-12-13(8-9)15-11-5-3-2-4-10(11)14(12)16(18)17(15)19/h2-8,16-19H,1H3. The Hall–Kier alpha value is -1.90. The SMILES string of the molecule is Cc1ccc2c3c4ccccc4c(c2c1)C(O)C3O. The van der Waals surface area contributed by atoms with Crippen LogP contribution in [0, 0.1) is 6.92 Å². The monoisotopic (exact) mass is 250 g/mol. The maximum Gasteiger partial charge on any atom is 0.110 e. The maximum absolute atomic E-state index is 10.3. The lowest BCUT2D eigenvalue weighted by Crippen LogP contribution is -2.18. The van der Waals surface area contributed by atoms with Crippen LogP contribution in [0.15, 0.2) is 42.5 Å². The molecule has 2 N–H and O–H groups in total. The Morgan fingerprint density at radius 1 is 0.737 bits per heavy atom. The molecule has 0 fully saturated rings. The average molecular weight is 250 g/mol. The minimum atomic E-state index is -0.820. The summed E-state index contributed by atoms with van der Waals surface area (Å²) in [6, 6.07) is 14.2. The second-order valence-corrected chi connectivity index (χ2v) is 5.31. The molecule has 0 radical (unpaired) electrons. The van der Waals surface area contributed by atoms with Gasteiger partial charge in [0, 0.05) is 0 Å². The highest BCUT2D eigenvalue weighted by Gasteiger charge is 2.33. The molecular weight excluding hydrogens is 236 g/mol. The van der Waals surface area contributed by atoms with Crippen molar-refractivity contribution in [3.8, 4) is 0 Å². The summed E-state index contributed by atoms with van der Waals surface area (Å²) in [7, 11) is 0. The summed E-state index contributed by atoms with van der Waals surface area (Å²) in [5, 5.41) is 24.9. The number of rotatable bonds is 0. The van der Waals surface area contributed by atoms with Gasteiger partial charge in [0.15, 0.2) is 0 Å². The Balaban J connectivity index is 2.34. The Morgan fingerprint density at radius 3 is 1.89 bits per heavy atom. The van der Waals surface area contributed by atoms with Gasteiger partial charge in [-0.05, 0) is 39.6 Å². The lowest BCUT2D eigenvalue weighted by Gasteiger charge is -2.31. The van der Waals surface area contributed by atoms with E-state index in [2.05, 4.69) is 12.1 Å². The summed E-state index contributed by atoms with van der Waals surface area (Å²) in [4.78, 5) is 0. The van der Waals surface area contributed by atoms with Crippen molar-refractivity contribution in [1.82, 2.24) is 0 Å². The van der Waals surface area contributed by atoms with Crippen LogP contribution in [0.1, 0.15) is 28.9 Å². The van der Waals surface area contributed by atoms with Crippen molar-refractivity contribution in [2.24, 2.45) is 0 Å². The first-order valence-electron chi connectivity index (χ1n) is 6.49. The number of aliphatic hydroxyl groups is 2. The van der Waals surface area contributed by atoms with Crippen LogP contribution in [-0.2, 0) is 0 Å². The fourth-order valence-electron chi connectivity index (χ4n) is 3.31. The third-order valence-electron chi connectivity index (χ3n) is 4.15. The summed E-state index contributed by atoms with van der Waals surface area (Å²) in [5.74, 6) is 0. The molecule has 2 heteroatoms. The first-order chi connectivity index (χ1) is 9.18. The molecule has 2 aliphatic rings. The Bertz CT molecular complexity index is 820. The Labute approximate surface area is 110 Å². The minimum absolute atomic E-state index is 0.819. The molecule has 3 aromatic carbocycles. The fourth-order valence-corrected chi connectivity index (χ4v) is 3.31. The molecular formula is C17H14O2. The summed E-state index contributed by atoms with van der Waals surface area (Å²) >= 11 is 0. The molecule has 19 heavy (non-hydrogen) atoms. The van der Waals surface area contributed by atoms with Crippen LogP contribution in [0.4, 0.5) is 0 Å². The number of hydrogen-bond acceptors (Lipinski definition) is 2. The van der Waals surface area contributed by atoms with Gasteiger partial charge in [-0.1, -0.05) is 48.0 Å². The topological polar surface area (TPSA) is 40.5 Å². The molecule has 2 bridgehead atoms. The van der Waals surface area contributed by atoms with E-state index in [0.717, 1.165) is 32.7 Å². The van der Waals surface area contributed by atoms with E-state index in [0.29, 0.717) is 0 Å². The molecule has 2 nitrogen and oxygen atoms in total. The molecule has 94 valence electrons. The Kier molecular flexibility index (Phi) is 2.06. The van der Waals surface area contributed by atoms with Gasteiger partial charge in [0.05, 0.1) is 0 Å². The zero-order valence-electron chi connectivity index (χ0n) is 10.6. The summed E-state index contributed by atoms with van der Waals surface area (Å²) in [6.45, 7) is 2.04. The smallest absolute Gasteiger partial charge is 0.110 e. The normalized spacial score (nSPS) is 21.4. The maximum atomic E-state index is 10.3. The second kappa shape index (κ2) is 3.56. The summed E-state index contributed by atoms with van der Waals surface area (Å²) in [5.41, 5.74) is 2.88. The van der Waals surface area contributed by atoms with Crippen LogP contribution in [0.3, 0.4) is 0 Å². The zero-order chi connectivity index (χ0) is 13.1. The number of hydrogen-bond donors (Lipinski definition) is 2. The number of fused-ring (bicyclic) bond motifs is 1. The van der Waals surface area contributed by atoms with Crippen LogP contribution in [-0.4, -0.2) is 10.2 Å². The van der Waals surface area contributed by atoms with Crippen molar-refractivity contribution in [1.29, 1.82) is 0 Å². The first-order valence-corrected chi connectivity index (χ1v) is 6.49. The third kappa shape index (κ3) is 1.28. The molecule has 2 atom stereocenters. The van der Waals surface area contributed by atoms with Crippen LogP contribution >= 0.6 is 0 Å². The van der Waals surface area contributed by atoms with Gasteiger partial charge in [0.2, 0.25) is 0 Å². The molecule has 0 amide bonds. The van der Waals surface area contributed by atoms with E-state index in [1.807, 2.05) is 37.3 Å². The van der Waals surface area contributed by atoms with Gasteiger partial charge in [0.25, 0.3) is 0 Å². The highest BCUT2D eigenvalue weighted by Crippen LogP contribution is 2.49. The summed E-state index contributed by atoms with van der Waals surface area (Å²) in [6.07, 6.45) is -1.64. The van der Waals surface area contributed by atoms with E-state index in [-0.39, 0.29) is 0 Å². The lowest BCUT2D eigenvalue weighted by atomic mass is 9.78. The van der Waals surface area contributed by atoms with Crippen molar-refractivity contribution in [2.45, 2.75) is 19.1 Å². The van der Waals surface area contributed by atoms with Crippen molar-refractivity contribution in [3.05, 3.63) is 59.2 Å². The largest absolute Gasteiger partial charge is 0.385 e. The van der Waals surface area contributed by atoms with Crippen molar-refractivity contribution in [3.63, 3.8) is 0 Å². The number of benzene rings is 3. The van der Waals surface area contributed by atoms with Crippen molar-refractivity contribution in [2.75, 3.05) is 0 Å². The minimum Gasteiger partial charge on any atom is -0.385 e. The quantitative estimate of drug-likeness (QED) is 0.600. The van der Waals surface area contributed by atoms with E-state index in [1.54, 1.807) is 0 Å². The van der Waals surface area contributed by atoms with Crippen molar-refractivity contribution >= 4 is 21.5 Å². The molecule has 0 saturated heterocycles. The zero-order valence-corrected chi connectivity index (χ0v) is 10.6. The van der Waals surface area contributed by atoms with Crippen LogP contribution in [0.25, 0.3) is 21.5 Å². The molecule has 0 saturated carbocycles. The molecule has 0 heterocycles. The van der Waals surface area contributed by atoms with Crippen LogP contribution in [0.2, 0.25) is 0 Å². The summed E-state index contributed by atoms with van der Waals surface area (Å²) < 4.78 is 0. The first kappa shape index (κ1) is 11.0. The molecule has 0 aromatic heterocycles. The average Bonchev–Trinajstić information content (AvgIpc) is 2.42.